The predicted octanol–water partition coefficient (Wildman–Crippen LogP) is 1.19. The number of nitrogens with zero attached hydrogens (tertiary/aromatic N) is 2. The molecule has 1 aliphatic rings. The summed E-state index contributed by atoms with van der Waals surface area (Å²) in [5, 5.41) is 11.1. The van der Waals surface area contributed by atoms with E-state index in [1.807, 2.05) is 6.07 Å². The van der Waals surface area contributed by atoms with Crippen LogP contribution in [-0.2, 0) is 4.79 Å². The molecular formula is C15H16FN3O2. The minimum atomic E-state index is -1.53. The van der Waals surface area contributed by atoms with Gasteiger partial charge in [-0.25, -0.2) is 9.37 Å². The number of carbonyl (C=O) groups is 1. The molecule has 1 fully saturated rings. The van der Waals surface area contributed by atoms with E-state index in [0.29, 0.717) is 30.7 Å². The van der Waals surface area contributed by atoms with Crippen molar-refractivity contribution < 1.29 is 14.3 Å². The number of amides is 1. The highest BCUT2D eigenvalue weighted by molar-refractivity contribution is 5.84. The lowest BCUT2D eigenvalue weighted by Gasteiger charge is -2.37. The molecule has 21 heavy (non-hydrogen) atoms. The maximum absolute atomic E-state index is 13.3. The van der Waals surface area contributed by atoms with Gasteiger partial charge in [-0.05, 0) is 37.1 Å². The molecule has 110 valence electrons. The number of benzene rings is 1. The zero-order valence-electron chi connectivity index (χ0n) is 11.4. The SMILES string of the molecule is NC(=O)[C@]1(O)CCCN(c2ccc3ccc(F)cc3n2)C1. The highest BCUT2D eigenvalue weighted by atomic mass is 19.1. The minimum Gasteiger partial charge on any atom is -0.378 e. The number of hydrogen-bond acceptors (Lipinski definition) is 4. The Morgan fingerprint density at radius 2 is 2.14 bits per heavy atom. The zero-order chi connectivity index (χ0) is 15.0. The molecule has 1 saturated heterocycles. The van der Waals surface area contributed by atoms with Gasteiger partial charge in [-0.1, -0.05) is 0 Å². The molecule has 3 N–H and O–H groups in total. The summed E-state index contributed by atoms with van der Waals surface area (Å²) in [6, 6.07) is 8.05. The molecule has 0 saturated carbocycles. The summed E-state index contributed by atoms with van der Waals surface area (Å²) < 4.78 is 13.3. The van der Waals surface area contributed by atoms with Crippen LogP contribution in [0.3, 0.4) is 0 Å². The van der Waals surface area contributed by atoms with Crippen LogP contribution in [0, 0.1) is 5.82 Å². The lowest BCUT2D eigenvalue weighted by atomic mass is 9.92. The molecule has 0 aliphatic carbocycles. The highest BCUT2D eigenvalue weighted by Crippen LogP contribution is 2.26. The zero-order valence-corrected chi connectivity index (χ0v) is 11.4. The first-order chi connectivity index (χ1) is 9.98. The Bertz CT molecular complexity index is 706. The second-order valence-electron chi connectivity index (χ2n) is 5.43. The molecular weight excluding hydrogens is 273 g/mol. The van der Waals surface area contributed by atoms with Gasteiger partial charge in [0, 0.05) is 18.0 Å². The van der Waals surface area contributed by atoms with E-state index >= 15 is 0 Å². The van der Waals surface area contributed by atoms with Crippen LogP contribution in [0.15, 0.2) is 30.3 Å². The molecule has 2 heterocycles. The number of aromatic nitrogens is 1. The Morgan fingerprint density at radius 3 is 2.90 bits per heavy atom. The Kier molecular flexibility index (Phi) is 3.25. The van der Waals surface area contributed by atoms with Crippen molar-refractivity contribution in [2.24, 2.45) is 5.73 Å². The summed E-state index contributed by atoms with van der Waals surface area (Å²) in [6.45, 7) is 0.777. The van der Waals surface area contributed by atoms with Gasteiger partial charge in [-0.3, -0.25) is 4.79 Å². The monoisotopic (exact) mass is 289 g/mol. The number of carbonyl (C=O) groups excluding carboxylic acids is 1. The Labute approximate surface area is 121 Å². The van der Waals surface area contributed by atoms with Gasteiger partial charge in [0.15, 0.2) is 5.60 Å². The summed E-state index contributed by atoms with van der Waals surface area (Å²) in [5.74, 6) is -0.467. The average Bonchev–Trinajstić information content (AvgIpc) is 2.46. The number of piperidine rings is 1. The normalized spacial score (nSPS) is 22.5. The van der Waals surface area contributed by atoms with Crippen LogP contribution in [0.1, 0.15) is 12.8 Å². The van der Waals surface area contributed by atoms with Crippen LogP contribution >= 0.6 is 0 Å². The van der Waals surface area contributed by atoms with Crippen molar-refractivity contribution in [3.05, 3.63) is 36.1 Å². The van der Waals surface area contributed by atoms with Crippen molar-refractivity contribution in [1.29, 1.82) is 0 Å². The van der Waals surface area contributed by atoms with Crippen molar-refractivity contribution in [1.82, 2.24) is 4.98 Å². The summed E-state index contributed by atoms with van der Waals surface area (Å²) in [6.07, 6.45) is 0.989. The molecule has 2 aromatic rings. The minimum absolute atomic E-state index is 0.107. The van der Waals surface area contributed by atoms with Gasteiger partial charge in [0.1, 0.15) is 11.6 Å². The largest absolute Gasteiger partial charge is 0.378 e. The number of rotatable bonds is 2. The number of β-amino-alcohol motifs (C(OH)–C–C–N with tert-alkyl or cyclic N) is 1. The predicted molar refractivity (Wildman–Crippen MR) is 77.3 cm³/mol. The molecule has 0 radical (unpaired) electrons. The van der Waals surface area contributed by atoms with Crippen LogP contribution in [0.5, 0.6) is 0 Å². The molecule has 1 amide bonds. The third-order valence-electron chi connectivity index (χ3n) is 3.89. The van der Waals surface area contributed by atoms with Crippen LogP contribution in [0.25, 0.3) is 10.9 Å². The second-order valence-corrected chi connectivity index (χ2v) is 5.43. The first-order valence-electron chi connectivity index (χ1n) is 6.81. The molecule has 1 aromatic carbocycles. The fourth-order valence-corrected chi connectivity index (χ4v) is 2.69. The van der Waals surface area contributed by atoms with E-state index in [1.54, 1.807) is 17.0 Å². The van der Waals surface area contributed by atoms with E-state index in [0.717, 1.165) is 5.39 Å². The first kappa shape index (κ1) is 13.8. The van der Waals surface area contributed by atoms with Gasteiger partial charge in [-0.15, -0.1) is 0 Å². The fourth-order valence-electron chi connectivity index (χ4n) is 2.69. The molecule has 1 atom stereocenters. The van der Waals surface area contributed by atoms with Gasteiger partial charge >= 0.3 is 0 Å². The van der Waals surface area contributed by atoms with Gasteiger partial charge in [-0.2, -0.15) is 0 Å². The molecule has 5 nitrogen and oxygen atoms in total. The van der Waals surface area contributed by atoms with E-state index in [4.69, 9.17) is 5.73 Å². The highest BCUT2D eigenvalue weighted by Gasteiger charge is 2.39. The molecule has 6 heteroatoms. The lowest BCUT2D eigenvalue weighted by molar-refractivity contribution is -0.137. The van der Waals surface area contributed by atoms with E-state index in [1.165, 1.54) is 12.1 Å². The average molecular weight is 289 g/mol. The number of primary amides is 1. The molecule has 0 spiro atoms. The van der Waals surface area contributed by atoms with Crippen LogP contribution in [0.2, 0.25) is 0 Å². The van der Waals surface area contributed by atoms with Gasteiger partial charge in [0.25, 0.3) is 5.91 Å². The van der Waals surface area contributed by atoms with Crippen molar-refractivity contribution in [3.8, 4) is 0 Å². The number of fused-ring (bicyclic) bond motifs is 1. The summed E-state index contributed by atoms with van der Waals surface area (Å²) >= 11 is 0. The number of anilines is 1. The first-order valence-corrected chi connectivity index (χ1v) is 6.81. The number of nitrogens with two attached hydrogens (primary N) is 1. The van der Waals surface area contributed by atoms with E-state index < -0.39 is 11.5 Å². The molecule has 0 unspecified atom stereocenters. The molecule has 3 rings (SSSR count). The van der Waals surface area contributed by atoms with Crippen LogP contribution < -0.4 is 10.6 Å². The Hall–Kier alpha value is -2.21. The number of pyridine rings is 1. The third-order valence-corrected chi connectivity index (χ3v) is 3.89. The summed E-state index contributed by atoms with van der Waals surface area (Å²) in [4.78, 5) is 17.6. The summed E-state index contributed by atoms with van der Waals surface area (Å²) in [7, 11) is 0. The van der Waals surface area contributed by atoms with Gasteiger partial charge in [0.2, 0.25) is 0 Å². The van der Waals surface area contributed by atoms with E-state index in [2.05, 4.69) is 4.98 Å². The topological polar surface area (TPSA) is 79.5 Å². The van der Waals surface area contributed by atoms with Crippen LogP contribution in [0.4, 0.5) is 10.2 Å². The van der Waals surface area contributed by atoms with Crippen molar-refractivity contribution in [2.75, 3.05) is 18.0 Å². The van der Waals surface area contributed by atoms with Gasteiger partial charge < -0.3 is 15.7 Å². The third kappa shape index (κ3) is 2.54. The number of halogens is 1. The van der Waals surface area contributed by atoms with Crippen molar-refractivity contribution in [2.45, 2.75) is 18.4 Å². The Balaban J connectivity index is 1.94. The molecule has 1 aromatic heterocycles. The van der Waals surface area contributed by atoms with Gasteiger partial charge in [0.05, 0.1) is 12.1 Å². The molecule has 1 aliphatic heterocycles. The van der Waals surface area contributed by atoms with Crippen molar-refractivity contribution in [3.63, 3.8) is 0 Å². The van der Waals surface area contributed by atoms with E-state index in [9.17, 15) is 14.3 Å². The number of hydrogen-bond donors (Lipinski definition) is 2. The second kappa shape index (κ2) is 4.96. The maximum atomic E-state index is 13.3. The molecule has 0 bridgehead atoms. The quantitative estimate of drug-likeness (QED) is 0.870. The summed E-state index contributed by atoms with van der Waals surface area (Å²) in [5.41, 5.74) is 4.28. The lowest BCUT2D eigenvalue weighted by Crippen LogP contribution is -2.56. The Morgan fingerprint density at radius 1 is 1.38 bits per heavy atom. The maximum Gasteiger partial charge on any atom is 0.251 e. The van der Waals surface area contributed by atoms with E-state index in [-0.39, 0.29) is 12.4 Å². The smallest absolute Gasteiger partial charge is 0.251 e. The number of aliphatic hydroxyl groups is 1. The standard InChI is InChI=1S/C15H16FN3O2/c16-11-4-2-10-3-5-13(18-12(10)8-11)19-7-1-6-15(21,9-19)14(17)20/h2-5,8,21H,1,6-7,9H2,(H2,17,20)/t15-/m0/s1. The van der Waals surface area contributed by atoms with Crippen LogP contribution in [-0.4, -0.2) is 34.7 Å². The van der Waals surface area contributed by atoms with Crippen molar-refractivity contribution >= 4 is 22.6 Å². The fraction of sp³-hybridized carbons (Fsp3) is 0.333.